The van der Waals surface area contributed by atoms with Gasteiger partial charge in [-0.1, -0.05) is 42.5 Å². The molecule has 5 rings (SSSR count). The Morgan fingerprint density at radius 2 is 1.57 bits per heavy atom. The zero-order valence-corrected chi connectivity index (χ0v) is 18.6. The van der Waals surface area contributed by atoms with Crippen LogP contribution in [-0.2, 0) is 20.9 Å². The van der Waals surface area contributed by atoms with Crippen LogP contribution in [-0.4, -0.2) is 73.4 Å². The number of carbonyl (C=O) groups is 4. The summed E-state index contributed by atoms with van der Waals surface area (Å²) in [6, 6.07) is 12.7. The number of imide groups is 1. The first kappa shape index (κ1) is 23.2. The molecule has 1 saturated heterocycles. The number of esters is 1. The molecule has 2 unspecified atom stereocenters. The molecule has 2 aliphatic heterocycles. The summed E-state index contributed by atoms with van der Waals surface area (Å²) in [7, 11) is 0. The monoisotopic (exact) mass is 480 g/mol. The highest BCUT2D eigenvalue weighted by Gasteiger charge is 2.66. The number of β-lactam (4-membered cyclic amide) rings is 1. The lowest BCUT2D eigenvalue weighted by molar-refractivity contribution is -0.304. The minimum absolute atomic E-state index is 0.0615. The van der Waals surface area contributed by atoms with E-state index in [-0.39, 0.29) is 30.6 Å². The summed E-state index contributed by atoms with van der Waals surface area (Å²) < 4.78 is 5.24. The number of amides is 3. The van der Waals surface area contributed by atoms with Gasteiger partial charge in [0.05, 0.1) is 23.8 Å². The third-order valence-corrected chi connectivity index (χ3v) is 6.92. The Morgan fingerprint density at radius 1 is 0.971 bits per heavy atom. The van der Waals surface area contributed by atoms with Gasteiger partial charge >= 0.3 is 5.97 Å². The van der Waals surface area contributed by atoms with Crippen LogP contribution in [0.15, 0.2) is 54.6 Å². The van der Waals surface area contributed by atoms with Crippen LogP contribution in [0, 0.1) is 11.8 Å². The minimum atomic E-state index is -2.65. The van der Waals surface area contributed by atoms with E-state index in [4.69, 9.17) is 4.74 Å². The van der Waals surface area contributed by atoms with Crippen molar-refractivity contribution in [1.29, 1.82) is 0 Å². The van der Waals surface area contributed by atoms with Crippen molar-refractivity contribution in [1.82, 2.24) is 9.80 Å². The topological polar surface area (TPSA) is 145 Å². The van der Waals surface area contributed by atoms with Gasteiger partial charge in [-0.3, -0.25) is 29.0 Å². The second-order valence-electron chi connectivity index (χ2n) is 9.07. The first-order chi connectivity index (χ1) is 16.8. The summed E-state index contributed by atoms with van der Waals surface area (Å²) in [5.74, 6) is -6.63. The molecule has 0 radical (unpaired) electrons. The van der Waals surface area contributed by atoms with Gasteiger partial charge in [0.1, 0.15) is 12.6 Å². The number of ether oxygens (including phenoxy) is 1. The molecule has 1 aliphatic carbocycles. The highest BCUT2D eigenvalue weighted by Crippen LogP contribution is 2.51. The molecule has 3 amide bonds. The lowest BCUT2D eigenvalue weighted by atomic mass is 9.91. The number of likely N-dealkylation sites (tertiary alicyclic amines) is 1. The SMILES string of the molecule is O=C(CC1CC1C(O)(O)N1C(=O)[C@@H](N2C(=O)c3ccccc3C2=O)[C@H]1CO)OCc1ccccc1. The smallest absolute Gasteiger partial charge is 0.306 e. The van der Waals surface area contributed by atoms with Crippen molar-refractivity contribution in [2.24, 2.45) is 11.8 Å². The number of hydrogen-bond acceptors (Lipinski definition) is 8. The quantitative estimate of drug-likeness (QED) is 0.211. The Labute approximate surface area is 200 Å². The average Bonchev–Trinajstić information content (AvgIpc) is 3.59. The van der Waals surface area contributed by atoms with E-state index in [1.807, 2.05) is 30.3 Å². The van der Waals surface area contributed by atoms with Crippen LogP contribution in [0.25, 0.3) is 0 Å². The van der Waals surface area contributed by atoms with Crippen molar-refractivity contribution in [2.75, 3.05) is 6.61 Å². The van der Waals surface area contributed by atoms with E-state index in [2.05, 4.69) is 0 Å². The summed E-state index contributed by atoms with van der Waals surface area (Å²) >= 11 is 0. The van der Waals surface area contributed by atoms with E-state index in [9.17, 15) is 34.5 Å². The highest BCUT2D eigenvalue weighted by molar-refractivity contribution is 6.23. The van der Waals surface area contributed by atoms with Crippen LogP contribution in [0.2, 0.25) is 0 Å². The summed E-state index contributed by atoms with van der Waals surface area (Å²) in [6.07, 6.45) is 0.196. The number of benzene rings is 2. The highest BCUT2D eigenvalue weighted by atomic mass is 16.5. The van der Waals surface area contributed by atoms with Crippen molar-refractivity contribution < 1.29 is 39.2 Å². The number of aliphatic hydroxyl groups excluding tert-OH is 1. The molecular weight excluding hydrogens is 456 g/mol. The molecule has 3 aliphatic rings. The van der Waals surface area contributed by atoms with Crippen LogP contribution in [0.4, 0.5) is 0 Å². The molecule has 0 bridgehead atoms. The molecule has 4 atom stereocenters. The fraction of sp³-hybridized carbons (Fsp3) is 0.360. The molecule has 3 N–H and O–H groups in total. The molecule has 2 aromatic rings. The van der Waals surface area contributed by atoms with Crippen LogP contribution >= 0.6 is 0 Å². The van der Waals surface area contributed by atoms with E-state index >= 15 is 0 Å². The molecule has 0 spiro atoms. The largest absolute Gasteiger partial charge is 0.461 e. The molecule has 1 saturated carbocycles. The van der Waals surface area contributed by atoms with Crippen molar-refractivity contribution in [2.45, 2.75) is 37.4 Å². The van der Waals surface area contributed by atoms with Gasteiger partial charge in [-0.05, 0) is 30.0 Å². The standard InChI is InChI=1S/C25H24N2O8/c28-12-19-21(26-22(30)16-8-4-5-9-17(16)23(26)31)24(32)27(19)25(33,34)18-10-15(18)11-20(29)35-13-14-6-2-1-3-7-14/h1-9,15,18-19,21,28,33-34H,10-13H2/t15?,18?,19-,21+/m1/s1. The van der Waals surface area contributed by atoms with Crippen LogP contribution < -0.4 is 0 Å². The first-order valence-electron chi connectivity index (χ1n) is 11.3. The van der Waals surface area contributed by atoms with Crippen LogP contribution in [0.5, 0.6) is 0 Å². The van der Waals surface area contributed by atoms with Gasteiger partial charge in [-0.2, -0.15) is 0 Å². The molecule has 10 heteroatoms. The van der Waals surface area contributed by atoms with Gasteiger partial charge in [-0.25, -0.2) is 0 Å². The third-order valence-electron chi connectivity index (χ3n) is 6.92. The maximum Gasteiger partial charge on any atom is 0.306 e. The Bertz CT molecular complexity index is 1160. The number of fused-ring (bicyclic) bond motifs is 1. The van der Waals surface area contributed by atoms with E-state index in [1.165, 1.54) is 12.1 Å². The summed E-state index contributed by atoms with van der Waals surface area (Å²) in [5.41, 5.74) is 1.12. The summed E-state index contributed by atoms with van der Waals surface area (Å²) in [6.45, 7) is -0.594. The number of carbonyl (C=O) groups excluding carboxylic acids is 4. The fourth-order valence-corrected chi connectivity index (χ4v) is 5.00. The van der Waals surface area contributed by atoms with Crippen LogP contribution in [0.1, 0.15) is 39.1 Å². The summed E-state index contributed by atoms with van der Waals surface area (Å²) in [5, 5.41) is 31.5. The van der Waals surface area contributed by atoms with E-state index in [1.54, 1.807) is 12.1 Å². The lowest BCUT2D eigenvalue weighted by Crippen LogP contribution is -2.78. The van der Waals surface area contributed by atoms with Crippen molar-refractivity contribution in [3.63, 3.8) is 0 Å². The first-order valence-corrected chi connectivity index (χ1v) is 11.3. The maximum absolute atomic E-state index is 13.0. The second-order valence-corrected chi connectivity index (χ2v) is 9.07. The second kappa shape index (κ2) is 8.56. The molecule has 182 valence electrons. The Balaban J connectivity index is 1.23. The van der Waals surface area contributed by atoms with Crippen molar-refractivity contribution >= 4 is 23.7 Å². The Morgan fingerprint density at radius 3 is 2.17 bits per heavy atom. The van der Waals surface area contributed by atoms with E-state index in [0.29, 0.717) is 4.90 Å². The maximum atomic E-state index is 13.0. The Hall–Kier alpha value is -3.60. The number of aliphatic hydroxyl groups is 3. The molecular formula is C25H24N2O8. The van der Waals surface area contributed by atoms with Gasteiger partial charge in [0, 0.05) is 12.3 Å². The lowest BCUT2D eigenvalue weighted by Gasteiger charge is -2.53. The number of hydrogen-bond donors (Lipinski definition) is 3. The molecule has 10 nitrogen and oxygen atoms in total. The van der Waals surface area contributed by atoms with E-state index < -0.39 is 60.1 Å². The third kappa shape index (κ3) is 3.79. The number of rotatable bonds is 8. The summed E-state index contributed by atoms with van der Waals surface area (Å²) in [4.78, 5) is 52.2. The predicted octanol–water partition coefficient (Wildman–Crippen LogP) is 0.262. The molecule has 0 aromatic heterocycles. The van der Waals surface area contributed by atoms with Gasteiger partial charge in [0.25, 0.3) is 23.6 Å². The van der Waals surface area contributed by atoms with Crippen LogP contribution in [0.3, 0.4) is 0 Å². The van der Waals surface area contributed by atoms with Crippen molar-refractivity contribution in [3.8, 4) is 0 Å². The van der Waals surface area contributed by atoms with Gasteiger partial charge < -0.3 is 20.1 Å². The zero-order chi connectivity index (χ0) is 24.9. The van der Waals surface area contributed by atoms with Gasteiger partial charge in [0.15, 0.2) is 0 Å². The predicted molar refractivity (Wildman–Crippen MR) is 118 cm³/mol. The zero-order valence-electron chi connectivity index (χ0n) is 18.6. The fourth-order valence-electron chi connectivity index (χ4n) is 5.00. The minimum Gasteiger partial charge on any atom is -0.461 e. The molecule has 2 heterocycles. The van der Waals surface area contributed by atoms with Gasteiger partial charge in [0.2, 0.25) is 0 Å². The number of nitrogens with zero attached hydrogens (tertiary/aromatic N) is 2. The normalized spacial score (nSPS) is 25.4. The van der Waals surface area contributed by atoms with E-state index in [0.717, 1.165) is 10.5 Å². The molecule has 2 aromatic carbocycles. The Kier molecular flexibility index (Phi) is 5.66. The molecule has 35 heavy (non-hydrogen) atoms. The average molecular weight is 480 g/mol. The molecule has 2 fully saturated rings. The van der Waals surface area contributed by atoms with Gasteiger partial charge in [-0.15, -0.1) is 0 Å². The van der Waals surface area contributed by atoms with Crippen molar-refractivity contribution in [3.05, 3.63) is 71.3 Å².